The average Bonchev–Trinajstić information content (AvgIpc) is 2.71. The maximum atomic E-state index is 11.1. The van der Waals surface area contributed by atoms with Crippen molar-refractivity contribution in [2.24, 2.45) is 0 Å². The van der Waals surface area contributed by atoms with Gasteiger partial charge >= 0.3 is 0 Å². The first-order valence-electron chi connectivity index (χ1n) is 4.85. The minimum atomic E-state index is 0.0631. The van der Waals surface area contributed by atoms with Crippen LogP contribution >= 0.6 is 11.3 Å². The lowest BCUT2D eigenvalue weighted by Crippen LogP contribution is -2.17. The zero-order chi connectivity index (χ0) is 10.1. The molecule has 1 unspecified atom stereocenters. The molecule has 1 aliphatic heterocycles. The molecule has 76 valence electrons. The smallest absolute Gasteiger partial charge is 0.178 e. The zero-order valence-electron chi connectivity index (χ0n) is 8.49. The fraction of sp³-hybridized carbons (Fsp3) is 0.600. The van der Waals surface area contributed by atoms with Crippen molar-refractivity contribution in [1.82, 2.24) is 9.88 Å². The molecule has 2 heterocycles. The Bertz CT molecular complexity index is 348. The summed E-state index contributed by atoms with van der Waals surface area (Å²) in [6.45, 7) is 2.71. The van der Waals surface area contributed by atoms with Gasteiger partial charge in [-0.2, -0.15) is 0 Å². The van der Waals surface area contributed by atoms with Gasteiger partial charge in [-0.3, -0.25) is 9.69 Å². The summed E-state index contributed by atoms with van der Waals surface area (Å²) in [5, 5.41) is 2.96. The topological polar surface area (TPSA) is 33.2 Å². The molecule has 0 spiro atoms. The predicted octanol–water partition coefficient (Wildman–Crippen LogP) is 2.11. The highest BCUT2D eigenvalue weighted by Crippen LogP contribution is 2.32. The molecule has 3 nitrogen and oxygen atoms in total. The van der Waals surface area contributed by atoms with Gasteiger partial charge in [-0.15, -0.1) is 11.3 Å². The molecule has 4 heteroatoms. The molecule has 0 aliphatic carbocycles. The van der Waals surface area contributed by atoms with Crippen molar-refractivity contribution in [3.05, 3.63) is 16.1 Å². The molecule has 1 aromatic heterocycles. The summed E-state index contributed by atoms with van der Waals surface area (Å²) in [4.78, 5) is 17.8. The SMILES string of the molecule is CC(=O)c1csc(C2CCCN2C)n1. The van der Waals surface area contributed by atoms with Crippen LogP contribution in [0.25, 0.3) is 0 Å². The molecule has 0 radical (unpaired) electrons. The first kappa shape index (κ1) is 9.80. The number of thiazole rings is 1. The van der Waals surface area contributed by atoms with Crippen LogP contribution in [0.3, 0.4) is 0 Å². The Labute approximate surface area is 87.8 Å². The van der Waals surface area contributed by atoms with Crippen LogP contribution < -0.4 is 0 Å². The second kappa shape index (κ2) is 3.79. The monoisotopic (exact) mass is 210 g/mol. The summed E-state index contributed by atoms with van der Waals surface area (Å²) in [5.41, 5.74) is 0.616. The Morgan fingerprint density at radius 2 is 2.50 bits per heavy atom. The van der Waals surface area contributed by atoms with E-state index in [4.69, 9.17) is 0 Å². The van der Waals surface area contributed by atoms with Gasteiger partial charge in [-0.1, -0.05) is 0 Å². The van der Waals surface area contributed by atoms with Crippen molar-refractivity contribution in [3.8, 4) is 0 Å². The second-order valence-electron chi connectivity index (χ2n) is 3.77. The summed E-state index contributed by atoms with van der Waals surface area (Å²) in [6, 6.07) is 0.438. The predicted molar refractivity (Wildman–Crippen MR) is 56.7 cm³/mol. The van der Waals surface area contributed by atoms with E-state index in [0.717, 1.165) is 11.6 Å². The lowest BCUT2D eigenvalue weighted by atomic mass is 10.2. The van der Waals surface area contributed by atoms with Crippen LogP contribution in [-0.2, 0) is 0 Å². The maximum Gasteiger partial charge on any atom is 0.178 e. The van der Waals surface area contributed by atoms with Crippen LogP contribution in [0.15, 0.2) is 5.38 Å². The molecule has 0 saturated carbocycles. The number of ketones is 1. The third-order valence-electron chi connectivity index (χ3n) is 2.69. The molecule has 1 fully saturated rings. The van der Waals surface area contributed by atoms with Gasteiger partial charge in [0.2, 0.25) is 0 Å². The van der Waals surface area contributed by atoms with Crippen LogP contribution in [0, 0.1) is 0 Å². The first-order valence-corrected chi connectivity index (χ1v) is 5.73. The zero-order valence-corrected chi connectivity index (χ0v) is 9.30. The summed E-state index contributed by atoms with van der Waals surface area (Å²) in [7, 11) is 2.12. The largest absolute Gasteiger partial charge is 0.297 e. The Balaban J connectivity index is 2.20. The fourth-order valence-electron chi connectivity index (χ4n) is 1.82. The quantitative estimate of drug-likeness (QED) is 0.701. The van der Waals surface area contributed by atoms with Crippen LogP contribution in [0.5, 0.6) is 0 Å². The van der Waals surface area contributed by atoms with Crippen LogP contribution in [0.2, 0.25) is 0 Å². The van der Waals surface area contributed by atoms with E-state index in [1.807, 2.05) is 5.38 Å². The van der Waals surface area contributed by atoms with Crippen molar-refractivity contribution >= 4 is 17.1 Å². The molecular formula is C10H14N2OS. The normalized spacial score (nSPS) is 22.9. The van der Waals surface area contributed by atoms with E-state index in [9.17, 15) is 4.79 Å². The number of rotatable bonds is 2. The molecule has 0 N–H and O–H groups in total. The van der Waals surface area contributed by atoms with E-state index in [0.29, 0.717) is 11.7 Å². The Kier molecular flexibility index (Phi) is 2.65. The second-order valence-corrected chi connectivity index (χ2v) is 4.66. The average molecular weight is 210 g/mol. The van der Waals surface area contributed by atoms with Crippen molar-refractivity contribution < 1.29 is 4.79 Å². The van der Waals surface area contributed by atoms with Crippen molar-refractivity contribution in [3.63, 3.8) is 0 Å². The molecule has 1 atom stereocenters. The molecule has 0 amide bonds. The van der Waals surface area contributed by atoms with Gasteiger partial charge in [0.15, 0.2) is 5.78 Å². The minimum Gasteiger partial charge on any atom is -0.297 e. The highest BCUT2D eigenvalue weighted by atomic mass is 32.1. The van der Waals surface area contributed by atoms with Crippen molar-refractivity contribution in [2.75, 3.05) is 13.6 Å². The lowest BCUT2D eigenvalue weighted by molar-refractivity contribution is 0.101. The lowest BCUT2D eigenvalue weighted by Gasteiger charge is -2.16. The van der Waals surface area contributed by atoms with E-state index in [1.165, 1.54) is 12.8 Å². The number of nitrogens with zero attached hydrogens (tertiary/aromatic N) is 2. The van der Waals surface area contributed by atoms with Gasteiger partial charge in [-0.25, -0.2) is 4.98 Å². The standard InChI is InChI=1S/C10H14N2OS/c1-7(13)8-6-14-10(11-8)9-4-3-5-12(9)2/h6,9H,3-5H2,1-2H3. The Morgan fingerprint density at radius 1 is 1.71 bits per heavy atom. The summed E-state index contributed by atoms with van der Waals surface area (Å²) < 4.78 is 0. The van der Waals surface area contributed by atoms with Gasteiger partial charge in [0.25, 0.3) is 0 Å². The summed E-state index contributed by atoms with van der Waals surface area (Å²) >= 11 is 1.61. The van der Waals surface area contributed by atoms with Crippen molar-refractivity contribution in [1.29, 1.82) is 0 Å². The molecule has 1 saturated heterocycles. The molecule has 0 bridgehead atoms. The van der Waals surface area contributed by atoms with Crippen LogP contribution in [0.1, 0.15) is 41.3 Å². The van der Waals surface area contributed by atoms with E-state index >= 15 is 0 Å². The summed E-state index contributed by atoms with van der Waals surface area (Å²) in [6.07, 6.45) is 2.40. The third kappa shape index (κ3) is 1.72. The molecule has 1 aliphatic rings. The molecule has 1 aromatic rings. The van der Waals surface area contributed by atoms with E-state index < -0.39 is 0 Å². The molecular weight excluding hydrogens is 196 g/mol. The first-order chi connectivity index (χ1) is 6.68. The highest BCUT2D eigenvalue weighted by molar-refractivity contribution is 7.09. The third-order valence-corrected chi connectivity index (χ3v) is 3.63. The Hall–Kier alpha value is -0.740. The maximum absolute atomic E-state index is 11.1. The fourth-order valence-corrected chi connectivity index (χ4v) is 2.88. The number of carbonyl (C=O) groups is 1. The van der Waals surface area contributed by atoms with Gasteiger partial charge < -0.3 is 0 Å². The van der Waals surface area contributed by atoms with E-state index in [1.54, 1.807) is 18.3 Å². The number of likely N-dealkylation sites (tertiary alicyclic amines) is 1. The van der Waals surface area contributed by atoms with Gasteiger partial charge in [-0.05, 0) is 26.4 Å². The molecule has 0 aromatic carbocycles. The molecule has 2 rings (SSSR count). The number of carbonyl (C=O) groups excluding carboxylic acids is 1. The van der Waals surface area contributed by atoms with Crippen LogP contribution in [0.4, 0.5) is 0 Å². The van der Waals surface area contributed by atoms with Gasteiger partial charge in [0.05, 0.1) is 6.04 Å². The van der Waals surface area contributed by atoms with E-state index in [-0.39, 0.29) is 5.78 Å². The minimum absolute atomic E-state index is 0.0631. The number of hydrogen-bond acceptors (Lipinski definition) is 4. The van der Waals surface area contributed by atoms with Gasteiger partial charge in [0, 0.05) is 12.3 Å². The highest BCUT2D eigenvalue weighted by Gasteiger charge is 2.25. The van der Waals surface area contributed by atoms with Crippen molar-refractivity contribution in [2.45, 2.75) is 25.8 Å². The Morgan fingerprint density at radius 3 is 3.00 bits per heavy atom. The number of Topliss-reactive ketones (excluding diaryl/α,β-unsaturated/α-hetero) is 1. The van der Waals surface area contributed by atoms with Crippen LogP contribution in [-0.4, -0.2) is 29.3 Å². The number of hydrogen-bond donors (Lipinski definition) is 0. The molecule has 14 heavy (non-hydrogen) atoms. The van der Waals surface area contributed by atoms with E-state index in [2.05, 4.69) is 16.9 Å². The summed E-state index contributed by atoms with van der Waals surface area (Å²) in [5.74, 6) is 0.0631. The van der Waals surface area contributed by atoms with Gasteiger partial charge in [0.1, 0.15) is 10.7 Å². The number of aromatic nitrogens is 1.